The number of nitrogens with zero attached hydrogens (tertiary/aromatic N) is 4. The predicted molar refractivity (Wildman–Crippen MR) is 126 cm³/mol. The van der Waals surface area contributed by atoms with Crippen LogP contribution in [0.5, 0.6) is 0 Å². The molecular formula is C25H19F6N5O. The zero-order valence-electron chi connectivity index (χ0n) is 19.1. The van der Waals surface area contributed by atoms with Crippen LogP contribution in [0.15, 0.2) is 54.9 Å². The molecule has 192 valence electrons. The number of nitrogens with two attached hydrogens (primary N) is 1. The molecule has 2 aromatic carbocycles. The van der Waals surface area contributed by atoms with Gasteiger partial charge in [-0.05, 0) is 41.5 Å². The number of para-hydroxylation sites is 1. The lowest BCUT2D eigenvalue weighted by atomic mass is 9.95. The van der Waals surface area contributed by atoms with Crippen molar-refractivity contribution in [2.45, 2.75) is 12.4 Å². The third-order valence-corrected chi connectivity index (χ3v) is 6.06. The molecule has 1 fully saturated rings. The fourth-order valence-corrected chi connectivity index (χ4v) is 4.33. The molecule has 0 bridgehead atoms. The van der Waals surface area contributed by atoms with E-state index in [4.69, 9.17) is 10.5 Å². The Morgan fingerprint density at radius 1 is 0.811 bits per heavy atom. The van der Waals surface area contributed by atoms with E-state index in [1.807, 2.05) is 12.1 Å². The Morgan fingerprint density at radius 3 is 2.11 bits per heavy atom. The van der Waals surface area contributed by atoms with Gasteiger partial charge in [-0.2, -0.15) is 26.3 Å². The summed E-state index contributed by atoms with van der Waals surface area (Å²) in [4.78, 5) is 14.6. The highest BCUT2D eigenvalue weighted by Crippen LogP contribution is 2.42. The van der Waals surface area contributed by atoms with E-state index in [-0.39, 0.29) is 34.0 Å². The highest BCUT2D eigenvalue weighted by molar-refractivity contribution is 6.01. The summed E-state index contributed by atoms with van der Waals surface area (Å²) in [5, 5.41) is 0.0579. The molecule has 0 atom stereocenters. The summed E-state index contributed by atoms with van der Waals surface area (Å²) >= 11 is 0. The second-order valence-electron chi connectivity index (χ2n) is 8.42. The summed E-state index contributed by atoms with van der Waals surface area (Å²) in [5.41, 5.74) is 4.61. The Hall–Kier alpha value is -3.93. The highest BCUT2D eigenvalue weighted by atomic mass is 19.4. The minimum absolute atomic E-state index is 0.00600. The van der Waals surface area contributed by atoms with E-state index in [0.717, 1.165) is 12.0 Å². The van der Waals surface area contributed by atoms with Crippen LogP contribution < -0.4 is 10.6 Å². The van der Waals surface area contributed by atoms with Crippen LogP contribution in [0, 0.1) is 0 Å². The number of fused-ring (bicyclic) bond motifs is 1. The Kier molecular flexibility index (Phi) is 6.14. The summed E-state index contributed by atoms with van der Waals surface area (Å²) in [6.07, 6.45) is -8.88. The van der Waals surface area contributed by atoms with Crippen LogP contribution in [-0.2, 0) is 17.1 Å². The van der Waals surface area contributed by atoms with Gasteiger partial charge in [0.15, 0.2) is 5.65 Å². The van der Waals surface area contributed by atoms with Crippen molar-refractivity contribution in [1.82, 2.24) is 15.0 Å². The number of hydrogen-bond acceptors (Lipinski definition) is 6. The van der Waals surface area contributed by atoms with Crippen LogP contribution in [0.2, 0.25) is 0 Å². The topological polar surface area (TPSA) is 77.2 Å². The number of morpholine rings is 1. The van der Waals surface area contributed by atoms with Gasteiger partial charge in [-0.25, -0.2) is 15.0 Å². The van der Waals surface area contributed by atoms with Crippen LogP contribution in [0.3, 0.4) is 0 Å². The molecule has 0 radical (unpaired) electrons. The summed E-state index contributed by atoms with van der Waals surface area (Å²) in [7, 11) is 0. The van der Waals surface area contributed by atoms with Gasteiger partial charge >= 0.3 is 12.4 Å². The Bertz CT molecular complexity index is 1430. The summed E-state index contributed by atoms with van der Waals surface area (Å²) in [6, 6.07) is 10.1. The van der Waals surface area contributed by atoms with E-state index < -0.39 is 23.5 Å². The lowest BCUT2D eigenvalue weighted by Crippen LogP contribution is -2.36. The minimum atomic E-state index is -5.01. The van der Waals surface area contributed by atoms with Gasteiger partial charge in [0.25, 0.3) is 0 Å². The molecule has 4 aromatic rings. The van der Waals surface area contributed by atoms with Gasteiger partial charge in [-0.1, -0.05) is 18.2 Å². The van der Waals surface area contributed by atoms with Crippen LogP contribution in [-0.4, -0.2) is 41.3 Å². The molecule has 37 heavy (non-hydrogen) atoms. The molecule has 0 saturated carbocycles. The number of hydrogen-bond donors (Lipinski definition) is 1. The largest absolute Gasteiger partial charge is 0.416 e. The van der Waals surface area contributed by atoms with Gasteiger partial charge in [-0.3, -0.25) is 0 Å². The average Bonchev–Trinajstić information content (AvgIpc) is 2.87. The molecule has 0 amide bonds. The highest BCUT2D eigenvalue weighted by Gasteiger charge is 2.37. The van der Waals surface area contributed by atoms with E-state index in [0.29, 0.717) is 49.7 Å². The lowest BCUT2D eigenvalue weighted by Gasteiger charge is -2.30. The van der Waals surface area contributed by atoms with Crippen LogP contribution >= 0.6 is 0 Å². The first-order chi connectivity index (χ1) is 17.5. The molecule has 6 nitrogen and oxygen atoms in total. The van der Waals surface area contributed by atoms with Crippen molar-refractivity contribution in [3.63, 3.8) is 0 Å². The second-order valence-corrected chi connectivity index (χ2v) is 8.42. The molecule has 3 heterocycles. The second kappa shape index (κ2) is 9.18. The number of pyridine rings is 1. The van der Waals surface area contributed by atoms with Gasteiger partial charge < -0.3 is 15.4 Å². The van der Waals surface area contributed by atoms with Gasteiger partial charge in [0, 0.05) is 24.3 Å². The molecule has 1 aliphatic rings. The number of nitrogen functional groups attached to an aromatic ring is 1. The smallest absolute Gasteiger partial charge is 0.383 e. The third-order valence-electron chi connectivity index (χ3n) is 6.06. The molecule has 12 heteroatoms. The minimum Gasteiger partial charge on any atom is -0.383 e. The van der Waals surface area contributed by atoms with Gasteiger partial charge in [-0.15, -0.1) is 0 Å². The van der Waals surface area contributed by atoms with Gasteiger partial charge in [0.1, 0.15) is 12.1 Å². The first kappa shape index (κ1) is 24.8. The van der Waals surface area contributed by atoms with E-state index in [1.54, 1.807) is 12.1 Å². The number of benzene rings is 2. The van der Waals surface area contributed by atoms with E-state index in [2.05, 4.69) is 19.9 Å². The molecule has 0 aliphatic carbocycles. The van der Waals surface area contributed by atoms with Crippen LogP contribution in [0.1, 0.15) is 11.1 Å². The van der Waals surface area contributed by atoms with E-state index >= 15 is 0 Å². The Labute approximate surface area is 206 Å². The van der Waals surface area contributed by atoms with Crippen molar-refractivity contribution in [3.8, 4) is 22.4 Å². The molecule has 1 saturated heterocycles. The van der Waals surface area contributed by atoms with Gasteiger partial charge in [0.2, 0.25) is 0 Å². The fourth-order valence-electron chi connectivity index (χ4n) is 4.33. The number of alkyl halides is 6. The number of aromatic nitrogens is 3. The van der Waals surface area contributed by atoms with Crippen molar-refractivity contribution in [3.05, 3.63) is 66.0 Å². The van der Waals surface area contributed by atoms with Crippen molar-refractivity contribution in [2.75, 3.05) is 36.9 Å². The number of halogens is 6. The summed E-state index contributed by atoms with van der Waals surface area (Å²) in [5.74, 6) is -0.119. The van der Waals surface area contributed by atoms with Crippen molar-refractivity contribution in [1.29, 1.82) is 0 Å². The maximum atomic E-state index is 13.6. The summed E-state index contributed by atoms with van der Waals surface area (Å²) in [6.45, 7) is 2.24. The van der Waals surface area contributed by atoms with Crippen LogP contribution in [0.25, 0.3) is 33.4 Å². The number of anilines is 2. The normalized spacial score (nSPS) is 14.8. The molecule has 0 unspecified atom stereocenters. The predicted octanol–water partition coefficient (Wildman–Crippen LogP) is 5.82. The average molecular weight is 519 g/mol. The number of rotatable bonds is 3. The standard InChI is InChI=1S/C25H19F6N5O/c26-24(27,28)15-9-14(10-16(11-15)25(29,30)31)18-12-19(35-23-21(18)22(32)33-13-34-23)17-3-1-2-4-20(17)36-5-7-37-8-6-36/h1-4,9-13H,5-8H2,(H2,32,33,34,35). The van der Waals surface area contributed by atoms with Crippen molar-refractivity contribution < 1.29 is 31.1 Å². The monoisotopic (exact) mass is 519 g/mol. The molecule has 5 rings (SSSR count). The molecule has 2 aromatic heterocycles. The molecular weight excluding hydrogens is 500 g/mol. The maximum absolute atomic E-state index is 13.6. The maximum Gasteiger partial charge on any atom is 0.416 e. The number of ether oxygens (including phenoxy) is 1. The molecule has 0 spiro atoms. The first-order valence-corrected chi connectivity index (χ1v) is 11.2. The zero-order chi connectivity index (χ0) is 26.4. The Morgan fingerprint density at radius 2 is 1.46 bits per heavy atom. The van der Waals surface area contributed by atoms with Gasteiger partial charge in [0.05, 0.1) is 35.4 Å². The SMILES string of the molecule is Nc1ncnc2nc(-c3ccccc3N3CCOCC3)cc(-c3cc(C(F)(F)F)cc(C(F)(F)F)c3)c12. The third kappa shape index (κ3) is 4.88. The fraction of sp³-hybridized carbons (Fsp3) is 0.240. The Balaban J connectivity index is 1.78. The molecule has 1 aliphatic heterocycles. The van der Waals surface area contributed by atoms with Crippen LogP contribution in [0.4, 0.5) is 37.8 Å². The van der Waals surface area contributed by atoms with E-state index in [1.165, 1.54) is 6.07 Å². The quantitative estimate of drug-likeness (QED) is 0.344. The zero-order valence-corrected chi connectivity index (χ0v) is 19.1. The van der Waals surface area contributed by atoms with Crippen molar-refractivity contribution >= 4 is 22.5 Å². The van der Waals surface area contributed by atoms with Crippen molar-refractivity contribution in [2.24, 2.45) is 0 Å². The first-order valence-electron chi connectivity index (χ1n) is 11.2. The molecule has 2 N–H and O–H groups in total. The van der Waals surface area contributed by atoms with E-state index in [9.17, 15) is 26.3 Å². The lowest BCUT2D eigenvalue weighted by molar-refractivity contribution is -0.143. The summed E-state index contributed by atoms with van der Waals surface area (Å²) < 4.78 is 87.0.